The van der Waals surface area contributed by atoms with Crippen molar-refractivity contribution in [2.24, 2.45) is 0 Å². The van der Waals surface area contributed by atoms with Crippen LogP contribution in [0.3, 0.4) is 0 Å². The van der Waals surface area contributed by atoms with Crippen molar-refractivity contribution in [2.75, 3.05) is 26.8 Å². The Morgan fingerprint density at radius 1 is 1.03 bits per heavy atom. The van der Waals surface area contributed by atoms with Crippen LogP contribution < -0.4 is 10.1 Å². The number of ether oxygens (including phenoxy) is 2. The number of likely N-dealkylation sites (tertiary alicyclic amines) is 1. The van der Waals surface area contributed by atoms with Crippen LogP contribution in [-0.2, 0) is 16.1 Å². The summed E-state index contributed by atoms with van der Waals surface area (Å²) in [5.74, 6) is -0.125. The Hall–Kier alpha value is -3.95. The zero-order valence-electron chi connectivity index (χ0n) is 21.5. The Balaban J connectivity index is 1.36. The number of carbonyl (C=O) groups is 3. The number of pyridine rings is 1. The first-order valence-corrected chi connectivity index (χ1v) is 13.1. The molecule has 5 rings (SSSR count). The molecule has 0 saturated carbocycles. The quantitative estimate of drug-likeness (QED) is 0.506. The maximum absolute atomic E-state index is 13.9. The van der Waals surface area contributed by atoms with Crippen molar-refractivity contribution in [3.8, 4) is 5.75 Å². The Bertz CT molecular complexity index is 1340. The van der Waals surface area contributed by atoms with Crippen LogP contribution in [0.2, 0.25) is 5.02 Å². The number of rotatable bonds is 6. The van der Waals surface area contributed by atoms with Gasteiger partial charge in [-0.15, -0.1) is 0 Å². The summed E-state index contributed by atoms with van der Waals surface area (Å²) in [5.41, 5.74) is 0.809. The van der Waals surface area contributed by atoms with Crippen LogP contribution in [-0.4, -0.2) is 71.1 Å². The minimum atomic E-state index is -1.01. The van der Waals surface area contributed by atoms with Crippen molar-refractivity contribution in [1.82, 2.24) is 20.1 Å². The summed E-state index contributed by atoms with van der Waals surface area (Å²) >= 11 is 6.08. The first kappa shape index (κ1) is 26.6. The molecule has 0 aliphatic carbocycles. The van der Waals surface area contributed by atoms with Gasteiger partial charge in [-0.25, -0.2) is 0 Å². The molecule has 2 saturated heterocycles. The van der Waals surface area contributed by atoms with Gasteiger partial charge >= 0.3 is 0 Å². The molecule has 9 nitrogen and oxygen atoms in total. The van der Waals surface area contributed by atoms with Gasteiger partial charge in [0, 0.05) is 61.0 Å². The summed E-state index contributed by atoms with van der Waals surface area (Å²) in [7, 11) is 1.56. The molecule has 2 fully saturated rings. The summed E-state index contributed by atoms with van der Waals surface area (Å²) in [6.07, 6.45) is 4.06. The lowest BCUT2D eigenvalue weighted by Gasteiger charge is -2.44. The molecular weight excluding hydrogens is 520 g/mol. The molecule has 3 aromatic rings. The third kappa shape index (κ3) is 5.60. The molecule has 1 spiro atoms. The molecule has 2 aromatic carbocycles. The first-order chi connectivity index (χ1) is 18.9. The largest absolute Gasteiger partial charge is 0.497 e. The van der Waals surface area contributed by atoms with Gasteiger partial charge in [0.1, 0.15) is 17.5 Å². The van der Waals surface area contributed by atoms with E-state index in [1.54, 1.807) is 77.8 Å². The van der Waals surface area contributed by atoms with E-state index in [1.807, 2.05) is 12.1 Å². The van der Waals surface area contributed by atoms with Crippen LogP contribution in [0.4, 0.5) is 0 Å². The van der Waals surface area contributed by atoms with Crippen LogP contribution >= 0.6 is 11.6 Å². The number of amides is 3. The number of halogens is 1. The lowest BCUT2D eigenvalue weighted by atomic mass is 9.96. The second-order valence-electron chi connectivity index (χ2n) is 9.55. The normalized spacial score (nSPS) is 18.2. The lowest BCUT2D eigenvalue weighted by Crippen LogP contribution is -2.59. The average molecular weight is 549 g/mol. The number of hydrogen-bond donors (Lipinski definition) is 1. The topological polar surface area (TPSA) is 101 Å². The van der Waals surface area contributed by atoms with E-state index in [-0.39, 0.29) is 24.3 Å². The van der Waals surface area contributed by atoms with Crippen LogP contribution in [0.1, 0.15) is 39.1 Å². The van der Waals surface area contributed by atoms with E-state index in [0.29, 0.717) is 54.4 Å². The summed E-state index contributed by atoms with van der Waals surface area (Å²) in [4.78, 5) is 47.7. The highest BCUT2D eigenvalue weighted by molar-refractivity contribution is 6.30. The van der Waals surface area contributed by atoms with Crippen molar-refractivity contribution >= 4 is 29.3 Å². The van der Waals surface area contributed by atoms with Gasteiger partial charge in [-0.05, 0) is 60.2 Å². The number of benzene rings is 2. The summed E-state index contributed by atoms with van der Waals surface area (Å²) < 4.78 is 11.5. The first-order valence-electron chi connectivity index (χ1n) is 12.7. The molecule has 3 amide bonds. The molecule has 1 aromatic heterocycles. The Kier molecular flexibility index (Phi) is 7.81. The molecule has 10 heteroatoms. The second kappa shape index (κ2) is 11.4. The van der Waals surface area contributed by atoms with Crippen molar-refractivity contribution in [3.63, 3.8) is 0 Å². The predicted molar refractivity (Wildman–Crippen MR) is 144 cm³/mol. The van der Waals surface area contributed by atoms with Crippen molar-refractivity contribution in [1.29, 1.82) is 0 Å². The van der Waals surface area contributed by atoms with E-state index in [9.17, 15) is 14.4 Å². The molecule has 2 aliphatic rings. The number of nitrogens with zero attached hydrogens (tertiary/aromatic N) is 3. The molecule has 2 aliphatic heterocycles. The van der Waals surface area contributed by atoms with Crippen molar-refractivity contribution in [3.05, 3.63) is 94.8 Å². The molecule has 1 atom stereocenters. The van der Waals surface area contributed by atoms with Crippen LogP contribution in [0.15, 0.2) is 73.1 Å². The van der Waals surface area contributed by atoms with E-state index < -0.39 is 11.8 Å². The summed E-state index contributed by atoms with van der Waals surface area (Å²) in [5, 5.41) is 3.42. The average Bonchev–Trinajstić information content (AvgIpc) is 3.34. The standard InChI is InChI=1S/C29H29ClN4O5/c1-38-24-7-5-21(6-8-24)28(37)34-25(26(35)32-18-20-9-13-31-14-10-20)19-39-29(34)11-15-33(16-12-29)27(36)22-3-2-4-23(30)17-22/h2-10,13-14,17,25H,11-12,15-16,18-19H2,1H3,(H,32,35)/t25-/m1/s1. The fourth-order valence-corrected chi connectivity index (χ4v) is 5.30. The van der Waals surface area contributed by atoms with Gasteiger partial charge < -0.3 is 19.7 Å². The van der Waals surface area contributed by atoms with E-state index in [4.69, 9.17) is 21.1 Å². The van der Waals surface area contributed by atoms with Gasteiger partial charge in [0.15, 0.2) is 0 Å². The van der Waals surface area contributed by atoms with Gasteiger partial charge in [0.05, 0.1) is 13.7 Å². The van der Waals surface area contributed by atoms with Gasteiger partial charge in [-0.1, -0.05) is 17.7 Å². The Labute approximate surface area is 231 Å². The third-order valence-corrected chi connectivity index (χ3v) is 7.47. The Morgan fingerprint density at radius 3 is 2.41 bits per heavy atom. The number of carbonyl (C=O) groups excluding carboxylic acids is 3. The number of piperidine rings is 1. The maximum atomic E-state index is 13.9. The van der Waals surface area contributed by atoms with E-state index >= 15 is 0 Å². The monoisotopic (exact) mass is 548 g/mol. The molecule has 0 unspecified atom stereocenters. The van der Waals surface area contributed by atoms with Gasteiger partial charge in [-0.3, -0.25) is 24.3 Å². The number of methoxy groups -OCH3 is 1. The fraction of sp³-hybridized carbons (Fsp3) is 0.310. The highest BCUT2D eigenvalue weighted by atomic mass is 35.5. The maximum Gasteiger partial charge on any atom is 0.256 e. The zero-order chi connectivity index (χ0) is 27.4. The SMILES string of the molecule is COc1ccc(C(=O)N2[C@@H](C(=O)NCc3ccncc3)COC23CCN(C(=O)c2cccc(Cl)c2)CC3)cc1. The number of aromatic nitrogens is 1. The lowest BCUT2D eigenvalue weighted by molar-refractivity contribution is -0.128. The van der Waals surface area contributed by atoms with Gasteiger partial charge in [-0.2, -0.15) is 0 Å². The van der Waals surface area contributed by atoms with E-state index in [2.05, 4.69) is 10.3 Å². The van der Waals surface area contributed by atoms with Gasteiger partial charge in [0.2, 0.25) is 5.91 Å². The van der Waals surface area contributed by atoms with Crippen molar-refractivity contribution in [2.45, 2.75) is 31.2 Å². The minimum absolute atomic E-state index is 0.0618. The highest BCUT2D eigenvalue weighted by Gasteiger charge is 2.54. The predicted octanol–water partition coefficient (Wildman–Crippen LogP) is 3.53. The smallest absolute Gasteiger partial charge is 0.256 e. The summed E-state index contributed by atoms with van der Waals surface area (Å²) in [6.45, 7) is 1.09. The van der Waals surface area contributed by atoms with Crippen LogP contribution in [0.25, 0.3) is 0 Å². The highest BCUT2D eigenvalue weighted by Crippen LogP contribution is 2.39. The van der Waals surface area contributed by atoms with Crippen LogP contribution in [0.5, 0.6) is 5.75 Å². The van der Waals surface area contributed by atoms with Crippen molar-refractivity contribution < 1.29 is 23.9 Å². The summed E-state index contributed by atoms with van der Waals surface area (Å²) in [6, 6.07) is 16.4. The Morgan fingerprint density at radius 2 is 1.74 bits per heavy atom. The molecule has 0 radical (unpaired) electrons. The number of hydrogen-bond acceptors (Lipinski definition) is 6. The molecule has 202 valence electrons. The third-order valence-electron chi connectivity index (χ3n) is 7.24. The molecule has 0 bridgehead atoms. The van der Waals surface area contributed by atoms with E-state index in [1.165, 1.54) is 0 Å². The number of nitrogens with one attached hydrogen (secondary N) is 1. The molecule has 3 heterocycles. The van der Waals surface area contributed by atoms with Crippen LogP contribution in [0, 0.1) is 0 Å². The van der Waals surface area contributed by atoms with E-state index in [0.717, 1.165) is 5.56 Å². The van der Waals surface area contributed by atoms with Gasteiger partial charge in [0.25, 0.3) is 11.8 Å². The molecular formula is C29H29ClN4O5. The molecule has 1 N–H and O–H groups in total. The zero-order valence-corrected chi connectivity index (χ0v) is 22.3. The molecule has 39 heavy (non-hydrogen) atoms. The minimum Gasteiger partial charge on any atom is -0.497 e. The fourth-order valence-electron chi connectivity index (χ4n) is 5.11. The second-order valence-corrected chi connectivity index (χ2v) is 9.99.